The number of nitrogens with zero attached hydrogens (tertiary/aromatic N) is 2. The molecule has 0 aromatic carbocycles. The Morgan fingerprint density at radius 3 is 2.54 bits per heavy atom. The predicted molar refractivity (Wildman–Crippen MR) is 96.2 cm³/mol. The molecular weight excluding hydrogens is 322 g/mol. The van der Waals surface area contributed by atoms with Gasteiger partial charge in [-0.3, -0.25) is 9.59 Å². The lowest BCUT2D eigenvalue weighted by Crippen LogP contribution is -2.44. The molecule has 3 heterocycles. The lowest BCUT2D eigenvalue weighted by atomic mass is 9.96. The van der Waals surface area contributed by atoms with E-state index in [2.05, 4.69) is 10.2 Å². The number of hydrogen-bond donors (Lipinski definition) is 1. The molecule has 1 aromatic heterocycles. The van der Waals surface area contributed by atoms with Gasteiger partial charge >= 0.3 is 0 Å². The molecule has 0 bridgehead atoms. The summed E-state index contributed by atoms with van der Waals surface area (Å²) in [6, 6.07) is 3.77. The van der Waals surface area contributed by atoms with Gasteiger partial charge in [-0.05, 0) is 50.2 Å². The SMILES string of the molecule is O=C(NCCN1CCCCC1)C1CCN(C(=O)c2cccs2)CC1. The fraction of sp³-hybridized carbons (Fsp3) is 0.667. The van der Waals surface area contributed by atoms with Gasteiger partial charge in [0.15, 0.2) is 0 Å². The summed E-state index contributed by atoms with van der Waals surface area (Å²) in [4.78, 5) is 29.7. The van der Waals surface area contributed by atoms with Crippen molar-refractivity contribution in [1.82, 2.24) is 15.1 Å². The summed E-state index contributed by atoms with van der Waals surface area (Å²) < 4.78 is 0. The van der Waals surface area contributed by atoms with Gasteiger partial charge in [-0.25, -0.2) is 0 Å². The van der Waals surface area contributed by atoms with Gasteiger partial charge in [0, 0.05) is 32.1 Å². The lowest BCUT2D eigenvalue weighted by Gasteiger charge is -2.31. The van der Waals surface area contributed by atoms with Crippen molar-refractivity contribution in [3.63, 3.8) is 0 Å². The number of amides is 2. The molecular formula is C18H27N3O2S. The van der Waals surface area contributed by atoms with Crippen LogP contribution in [0.1, 0.15) is 41.8 Å². The molecule has 2 amide bonds. The maximum absolute atomic E-state index is 12.3. The largest absolute Gasteiger partial charge is 0.355 e. The van der Waals surface area contributed by atoms with Gasteiger partial charge in [-0.1, -0.05) is 12.5 Å². The van der Waals surface area contributed by atoms with Crippen LogP contribution in [0.25, 0.3) is 0 Å². The summed E-state index contributed by atoms with van der Waals surface area (Å²) >= 11 is 1.48. The summed E-state index contributed by atoms with van der Waals surface area (Å²) in [6.07, 6.45) is 5.44. The highest BCUT2D eigenvalue weighted by atomic mass is 32.1. The van der Waals surface area contributed by atoms with E-state index < -0.39 is 0 Å². The van der Waals surface area contributed by atoms with E-state index >= 15 is 0 Å². The van der Waals surface area contributed by atoms with Crippen LogP contribution in [0.3, 0.4) is 0 Å². The zero-order chi connectivity index (χ0) is 16.8. The molecule has 5 nitrogen and oxygen atoms in total. The molecule has 2 saturated heterocycles. The van der Waals surface area contributed by atoms with E-state index in [1.54, 1.807) is 0 Å². The van der Waals surface area contributed by atoms with Gasteiger partial charge in [0.25, 0.3) is 5.91 Å². The smallest absolute Gasteiger partial charge is 0.263 e. The molecule has 0 spiro atoms. The molecule has 3 rings (SSSR count). The highest BCUT2D eigenvalue weighted by Gasteiger charge is 2.28. The van der Waals surface area contributed by atoms with Crippen molar-refractivity contribution < 1.29 is 9.59 Å². The number of piperidine rings is 2. The van der Waals surface area contributed by atoms with Crippen LogP contribution in [-0.4, -0.2) is 60.9 Å². The maximum Gasteiger partial charge on any atom is 0.263 e. The third-order valence-electron chi connectivity index (χ3n) is 5.06. The van der Waals surface area contributed by atoms with Crippen molar-refractivity contribution >= 4 is 23.2 Å². The predicted octanol–water partition coefficient (Wildman–Crippen LogP) is 2.20. The molecule has 2 fully saturated rings. The summed E-state index contributed by atoms with van der Waals surface area (Å²) in [7, 11) is 0. The molecule has 0 atom stereocenters. The first-order valence-corrected chi connectivity index (χ1v) is 9.95. The van der Waals surface area contributed by atoms with Crippen LogP contribution in [0.5, 0.6) is 0 Å². The molecule has 0 saturated carbocycles. The molecule has 1 aromatic rings. The van der Waals surface area contributed by atoms with Crippen molar-refractivity contribution in [2.75, 3.05) is 39.3 Å². The maximum atomic E-state index is 12.3. The van der Waals surface area contributed by atoms with Crippen LogP contribution in [-0.2, 0) is 4.79 Å². The topological polar surface area (TPSA) is 52.7 Å². The third-order valence-corrected chi connectivity index (χ3v) is 5.92. The number of carbonyl (C=O) groups excluding carboxylic acids is 2. The van der Waals surface area contributed by atoms with Crippen LogP contribution in [0.2, 0.25) is 0 Å². The van der Waals surface area contributed by atoms with Gasteiger partial charge in [-0.15, -0.1) is 11.3 Å². The van der Waals surface area contributed by atoms with Crippen molar-refractivity contribution in [3.8, 4) is 0 Å². The fourth-order valence-corrected chi connectivity index (χ4v) is 4.26. The minimum absolute atomic E-state index is 0.0544. The van der Waals surface area contributed by atoms with Crippen molar-refractivity contribution in [2.24, 2.45) is 5.92 Å². The highest BCUT2D eigenvalue weighted by Crippen LogP contribution is 2.20. The minimum atomic E-state index is 0.0544. The number of hydrogen-bond acceptors (Lipinski definition) is 4. The average molecular weight is 350 g/mol. The quantitative estimate of drug-likeness (QED) is 0.887. The van der Waals surface area contributed by atoms with Gasteiger partial charge in [-0.2, -0.15) is 0 Å². The zero-order valence-corrected chi connectivity index (χ0v) is 15.0. The number of thiophene rings is 1. The van der Waals surface area contributed by atoms with Crippen LogP contribution >= 0.6 is 11.3 Å². The van der Waals surface area contributed by atoms with Gasteiger partial charge in [0.05, 0.1) is 4.88 Å². The van der Waals surface area contributed by atoms with Crippen molar-refractivity contribution in [2.45, 2.75) is 32.1 Å². The highest BCUT2D eigenvalue weighted by molar-refractivity contribution is 7.12. The van der Waals surface area contributed by atoms with Gasteiger partial charge in [0.2, 0.25) is 5.91 Å². The molecule has 0 unspecified atom stereocenters. The van der Waals surface area contributed by atoms with E-state index in [-0.39, 0.29) is 17.7 Å². The Morgan fingerprint density at radius 2 is 1.88 bits per heavy atom. The molecule has 132 valence electrons. The first kappa shape index (κ1) is 17.4. The number of likely N-dealkylation sites (tertiary alicyclic amines) is 2. The molecule has 1 N–H and O–H groups in total. The molecule has 0 aliphatic carbocycles. The molecule has 24 heavy (non-hydrogen) atoms. The Kier molecular flexibility index (Phi) is 6.26. The average Bonchev–Trinajstić information content (AvgIpc) is 3.17. The number of carbonyl (C=O) groups is 2. The Bertz CT molecular complexity index is 532. The second kappa shape index (κ2) is 8.62. The normalized spacial score (nSPS) is 20.1. The minimum Gasteiger partial charge on any atom is -0.355 e. The van der Waals surface area contributed by atoms with E-state index in [4.69, 9.17) is 0 Å². The summed E-state index contributed by atoms with van der Waals surface area (Å²) in [5.74, 6) is 0.322. The lowest BCUT2D eigenvalue weighted by molar-refractivity contribution is -0.126. The van der Waals surface area contributed by atoms with Crippen molar-refractivity contribution in [3.05, 3.63) is 22.4 Å². The molecule has 6 heteroatoms. The first-order chi connectivity index (χ1) is 11.7. The van der Waals surface area contributed by atoms with E-state index in [0.29, 0.717) is 13.1 Å². The Hall–Kier alpha value is -1.40. The van der Waals surface area contributed by atoms with Gasteiger partial charge in [0.1, 0.15) is 0 Å². The second-order valence-corrected chi connectivity index (χ2v) is 7.68. The summed E-state index contributed by atoms with van der Waals surface area (Å²) in [6.45, 7) is 5.40. The van der Waals surface area contributed by atoms with Crippen LogP contribution in [0.4, 0.5) is 0 Å². The van der Waals surface area contributed by atoms with Crippen LogP contribution < -0.4 is 5.32 Å². The monoisotopic (exact) mass is 349 g/mol. The summed E-state index contributed by atoms with van der Waals surface area (Å²) in [5.41, 5.74) is 0. The Morgan fingerprint density at radius 1 is 1.12 bits per heavy atom. The fourth-order valence-electron chi connectivity index (χ4n) is 3.57. The Labute approximate surface area is 148 Å². The van der Waals surface area contributed by atoms with Crippen LogP contribution in [0.15, 0.2) is 17.5 Å². The van der Waals surface area contributed by atoms with Crippen molar-refractivity contribution in [1.29, 1.82) is 0 Å². The Balaban J connectivity index is 1.36. The number of rotatable bonds is 5. The number of nitrogens with one attached hydrogen (secondary N) is 1. The first-order valence-electron chi connectivity index (χ1n) is 9.07. The van der Waals surface area contributed by atoms with E-state index in [0.717, 1.165) is 30.8 Å². The third kappa shape index (κ3) is 4.57. The summed E-state index contributed by atoms with van der Waals surface area (Å²) in [5, 5.41) is 5.02. The van der Waals surface area contributed by atoms with E-state index in [1.807, 2.05) is 22.4 Å². The standard InChI is InChI=1S/C18H27N3O2S/c22-17(19-8-13-20-9-2-1-3-10-20)15-6-11-21(12-7-15)18(23)16-5-4-14-24-16/h4-5,14-15H,1-3,6-13H2,(H,19,22). The van der Waals surface area contributed by atoms with E-state index in [9.17, 15) is 9.59 Å². The zero-order valence-electron chi connectivity index (χ0n) is 14.2. The second-order valence-electron chi connectivity index (χ2n) is 6.74. The molecule has 2 aliphatic heterocycles. The molecule has 0 radical (unpaired) electrons. The molecule has 2 aliphatic rings. The van der Waals surface area contributed by atoms with Crippen LogP contribution in [0, 0.1) is 5.92 Å². The van der Waals surface area contributed by atoms with Gasteiger partial charge < -0.3 is 15.1 Å². The van der Waals surface area contributed by atoms with E-state index in [1.165, 1.54) is 43.7 Å².